The highest BCUT2D eigenvalue weighted by Crippen LogP contribution is 2.23. The molecule has 0 heterocycles. The Kier molecular flexibility index (Phi) is 6.06. The summed E-state index contributed by atoms with van der Waals surface area (Å²) in [5.74, 6) is 1.28. The molecule has 0 saturated heterocycles. The SMILES string of the molecule is C=C(C)C(C)CC(CC)C(N)CC. The van der Waals surface area contributed by atoms with Crippen LogP contribution in [0.25, 0.3) is 0 Å². The van der Waals surface area contributed by atoms with Crippen molar-refractivity contribution in [2.75, 3.05) is 0 Å². The quantitative estimate of drug-likeness (QED) is 0.628. The highest BCUT2D eigenvalue weighted by molar-refractivity contribution is 4.95. The molecule has 1 heteroatoms. The van der Waals surface area contributed by atoms with Gasteiger partial charge in [0.2, 0.25) is 0 Å². The van der Waals surface area contributed by atoms with E-state index in [0.29, 0.717) is 17.9 Å². The van der Waals surface area contributed by atoms with E-state index < -0.39 is 0 Å². The van der Waals surface area contributed by atoms with Crippen molar-refractivity contribution in [1.29, 1.82) is 0 Å². The standard InChI is InChI=1S/C12H25N/c1-6-11(12(13)7-2)8-10(5)9(3)4/h10-12H,3,6-8,13H2,1-2,4-5H3. The molecule has 0 aromatic rings. The van der Waals surface area contributed by atoms with Gasteiger partial charge in [0.1, 0.15) is 0 Å². The molecule has 0 aliphatic heterocycles. The van der Waals surface area contributed by atoms with Gasteiger partial charge in [-0.15, -0.1) is 0 Å². The van der Waals surface area contributed by atoms with E-state index in [9.17, 15) is 0 Å². The lowest BCUT2D eigenvalue weighted by atomic mass is 9.84. The molecule has 1 nitrogen and oxygen atoms in total. The molecule has 0 aromatic carbocycles. The Labute approximate surface area is 83.4 Å². The molecule has 0 saturated carbocycles. The summed E-state index contributed by atoms with van der Waals surface area (Å²) in [5.41, 5.74) is 7.33. The third kappa shape index (κ3) is 4.47. The average molecular weight is 183 g/mol. The lowest BCUT2D eigenvalue weighted by Gasteiger charge is -2.24. The Morgan fingerprint density at radius 3 is 2.15 bits per heavy atom. The van der Waals surface area contributed by atoms with Crippen LogP contribution in [0.15, 0.2) is 12.2 Å². The van der Waals surface area contributed by atoms with Crippen LogP contribution in [0.5, 0.6) is 0 Å². The molecule has 3 unspecified atom stereocenters. The van der Waals surface area contributed by atoms with Gasteiger partial charge >= 0.3 is 0 Å². The van der Waals surface area contributed by atoms with Crippen molar-refractivity contribution >= 4 is 0 Å². The zero-order chi connectivity index (χ0) is 10.4. The van der Waals surface area contributed by atoms with Crippen molar-refractivity contribution in [3.8, 4) is 0 Å². The fourth-order valence-corrected chi connectivity index (χ4v) is 1.63. The van der Waals surface area contributed by atoms with E-state index in [0.717, 1.165) is 6.42 Å². The van der Waals surface area contributed by atoms with Gasteiger partial charge in [-0.2, -0.15) is 0 Å². The van der Waals surface area contributed by atoms with Gasteiger partial charge in [0.25, 0.3) is 0 Å². The Bertz CT molecular complexity index is 151. The molecule has 13 heavy (non-hydrogen) atoms. The summed E-state index contributed by atoms with van der Waals surface area (Å²) in [4.78, 5) is 0. The van der Waals surface area contributed by atoms with E-state index in [4.69, 9.17) is 5.73 Å². The van der Waals surface area contributed by atoms with Crippen LogP contribution in [0.4, 0.5) is 0 Å². The summed E-state index contributed by atoms with van der Waals surface area (Å²) in [6.07, 6.45) is 3.47. The molecule has 0 aliphatic carbocycles. The van der Waals surface area contributed by atoms with Gasteiger partial charge in [0, 0.05) is 6.04 Å². The molecule has 0 bridgehead atoms. The van der Waals surface area contributed by atoms with Gasteiger partial charge in [-0.25, -0.2) is 0 Å². The van der Waals surface area contributed by atoms with E-state index in [-0.39, 0.29) is 0 Å². The van der Waals surface area contributed by atoms with Crippen molar-refractivity contribution in [3.63, 3.8) is 0 Å². The van der Waals surface area contributed by atoms with Crippen LogP contribution in [-0.4, -0.2) is 6.04 Å². The molecule has 0 rings (SSSR count). The molecule has 0 aliphatic rings. The van der Waals surface area contributed by atoms with Crippen LogP contribution >= 0.6 is 0 Å². The molecule has 0 fully saturated rings. The third-order valence-electron chi connectivity index (χ3n) is 3.10. The van der Waals surface area contributed by atoms with Crippen LogP contribution in [0.2, 0.25) is 0 Å². The highest BCUT2D eigenvalue weighted by atomic mass is 14.6. The van der Waals surface area contributed by atoms with Crippen LogP contribution in [0.3, 0.4) is 0 Å². The monoisotopic (exact) mass is 183 g/mol. The molecule has 0 radical (unpaired) electrons. The Hall–Kier alpha value is -0.300. The smallest absolute Gasteiger partial charge is 0.00646 e. The minimum Gasteiger partial charge on any atom is -0.327 e. The normalized spacial score (nSPS) is 17.9. The van der Waals surface area contributed by atoms with Crippen molar-refractivity contribution in [3.05, 3.63) is 12.2 Å². The first-order valence-corrected chi connectivity index (χ1v) is 5.43. The number of hydrogen-bond acceptors (Lipinski definition) is 1. The molecule has 3 atom stereocenters. The van der Waals surface area contributed by atoms with Gasteiger partial charge in [-0.05, 0) is 31.6 Å². The van der Waals surface area contributed by atoms with Crippen LogP contribution in [0.1, 0.15) is 47.0 Å². The maximum absolute atomic E-state index is 6.05. The third-order valence-corrected chi connectivity index (χ3v) is 3.10. The van der Waals surface area contributed by atoms with Gasteiger partial charge in [-0.1, -0.05) is 39.3 Å². The van der Waals surface area contributed by atoms with Crippen LogP contribution < -0.4 is 5.73 Å². The van der Waals surface area contributed by atoms with E-state index in [2.05, 4.69) is 34.3 Å². The summed E-state index contributed by atoms with van der Waals surface area (Å²) >= 11 is 0. The number of allylic oxidation sites excluding steroid dienone is 1. The number of rotatable bonds is 6. The molecular formula is C12H25N. The molecule has 2 N–H and O–H groups in total. The van der Waals surface area contributed by atoms with Crippen molar-refractivity contribution in [1.82, 2.24) is 0 Å². The van der Waals surface area contributed by atoms with Crippen LogP contribution in [0, 0.1) is 11.8 Å². The van der Waals surface area contributed by atoms with Crippen molar-refractivity contribution in [2.45, 2.75) is 53.0 Å². The average Bonchev–Trinajstić information content (AvgIpc) is 2.12. The van der Waals surface area contributed by atoms with Crippen LogP contribution in [-0.2, 0) is 0 Å². The first-order valence-electron chi connectivity index (χ1n) is 5.43. The van der Waals surface area contributed by atoms with Crippen molar-refractivity contribution in [2.24, 2.45) is 17.6 Å². The van der Waals surface area contributed by atoms with Crippen molar-refractivity contribution < 1.29 is 0 Å². The lowest BCUT2D eigenvalue weighted by molar-refractivity contribution is 0.338. The lowest BCUT2D eigenvalue weighted by Crippen LogP contribution is -2.30. The van der Waals surface area contributed by atoms with Gasteiger partial charge < -0.3 is 5.73 Å². The second kappa shape index (κ2) is 6.20. The van der Waals surface area contributed by atoms with Gasteiger partial charge in [-0.3, -0.25) is 0 Å². The minimum atomic E-state index is 0.367. The zero-order valence-electron chi connectivity index (χ0n) is 9.64. The molecule has 0 aromatic heterocycles. The maximum Gasteiger partial charge on any atom is 0.00646 e. The fraction of sp³-hybridized carbons (Fsp3) is 0.833. The van der Waals surface area contributed by atoms with E-state index in [1.165, 1.54) is 18.4 Å². The molecular weight excluding hydrogens is 158 g/mol. The van der Waals surface area contributed by atoms with E-state index in [1.54, 1.807) is 0 Å². The molecule has 0 spiro atoms. The summed E-state index contributed by atoms with van der Waals surface area (Å²) < 4.78 is 0. The minimum absolute atomic E-state index is 0.367. The van der Waals surface area contributed by atoms with E-state index in [1.807, 2.05) is 0 Å². The predicted molar refractivity (Wildman–Crippen MR) is 60.6 cm³/mol. The number of nitrogens with two attached hydrogens (primary N) is 1. The molecule has 78 valence electrons. The summed E-state index contributed by atoms with van der Waals surface area (Å²) in [6, 6.07) is 0.367. The summed E-state index contributed by atoms with van der Waals surface area (Å²) in [5, 5.41) is 0. The van der Waals surface area contributed by atoms with Gasteiger partial charge in [0.15, 0.2) is 0 Å². The summed E-state index contributed by atoms with van der Waals surface area (Å²) in [6.45, 7) is 12.7. The topological polar surface area (TPSA) is 26.0 Å². The highest BCUT2D eigenvalue weighted by Gasteiger charge is 2.17. The predicted octanol–water partition coefficient (Wildman–Crippen LogP) is 3.35. The zero-order valence-corrected chi connectivity index (χ0v) is 9.64. The Balaban J connectivity index is 4.04. The van der Waals surface area contributed by atoms with Gasteiger partial charge in [0.05, 0.1) is 0 Å². The maximum atomic E-state index is 6.05. The van der Waals surface area contributed by atoms with E-state index >= 15 is 0 Å². The second-order valence-electron chi connectivity index (χ2n) is 4.22. The summed E-state index contributed by atoms with van der Waals surface area (Å²) in [7, 11) is 0. The number of hydrogen-bond donors (Lipinski definition) is 1. The Morgan fingerprint density at radius 1 is 1.31 bits per heavy atom. The first kappa shape index (κ1) is 12.7. The second-order valence-corrected chi connectivity index (χ2v) is 4.22. The Morgan fingerprint density at radius 2 is 1.85 bits per heavy atom. The fourth-order valence-electron chi connectivity index (χ4n) is 1.63. The first-order chi connectivity index (χ1) is 6.02. The largest absolute Gasteiger partial charge is 0.327 e. The molecule has 0 amide bonds.